The Morgan fingerprint density at radius 1 is 1.41 bits per heavy atom. The van der Waals surface area contributed by atoms with Crippen LogP contribution in [0.2, 0.25) is 0 Å². The Balaban J connectivity index is 1.67. The summed E-state index contributed by atoms with van der Waals surface area (Å²) >= 11 is 6.08. The lowest BCUT2D eigenvalue weighted by Crippen LogP contribution is -2.56. The number of nitrogens with zero attached hydrogens (tertiary/aromatic N) is 4. The Bertz CT molecular complexity index is 885. The summed E-state index contributed by atoms with van der Waals surface area (Å²) in [5, 5.41) is 12.6. The van der Waals surface area contributed by atoms with E-state index < -0.39 is 5.97 Å². The van der Waals surface area contributed by atoms with Crippen molar-refractivity contribution in [3.05, 3.63) is 28.2 Å². The number of aromatic nitrogens is 2. The molecule has 0 bridgehead atoms. The first-order valence-electron chi connectivity index (χ1n) is 9.45. The van der Waals surface area contributed by atoms with E-state index in [2.05, 4.69) is 20.3 Å². The normalized spacial score (nSPS) is 21.9. The van der Waals surface area contributed by atoms with Crippen LogP contribution in [-0.4, -0.2) is 65.0 Å². The van der Waals surface area contributed by atoms with Crippen molar-refractivity contribution in [2.75, 3.05) is 25.1 Å². The molecular weight excluding hydrogens is 398 g/mol. The summed E-state index contributed by atoms with van der Waals surface area (Å²) in [5.74, 6) is -0.997. The number of ether oxygens (including phenoxy) is 1. The maximum Gasteiger partial charge on any atom is 0.354 e. The highest BCUT2D eigenvalue weighted by molar-refractivity contribution is 6.43. The number of carboxylic acids is 1. The number of amides is 1. The quantitative estimate of drug-likeness (QED) is 0.673. The van der Waals surface area contributed by atoms with Crippen LogP contribution in [0.15, 0.2) is 21.8 Å². The van der Waals surface area contributed by atoms with Gasteiger partial charge >= 0.3 is 5.97 Å². The first-order chi connectivity index (χ1) is 13.8. The van der Waals surface area contributed by atoms with E-state index in [-0.39, 0.29) is 23.7 Å². The fourth-order valence-corrected chi connectivity index (χ4v) is 3.77. The average Bonchev–Trinajstić information content (AvgIpc) is 3.08. The van der Waals surface area contributed by atoms with Crippen LogP contribution in [0, 0.1) is 6.92 Å². The van der Waals surface area contributed by atoms with Gasteiger partial charge in [-0.1, -0.05) is 18.5 Å². The Morgan fingerprint density at radius 3 is 2.79 bits per heavy atom. The lowest BCUT2D eigenvalue weighted by Gasteiger charge is -2.38. The molecule has 2 aliphatic rings. The minimum absolute atomic E-state index is 0.0488. The van der Waals surface area contributed by atoms with Crippen LogP contribution < -0.4 is 10.2 Å². The minimum Gasteiger partial charge on any atom is -0.477 e. The molecular formula is C19H24ClN5O4. The van der Waals surface area contributed by atoms with Crippen molar-refractivity contribution in [2.45, 2.75) is 45.3 Å². The zero-order valence-corrected chi connectivity index (χ0v) is 17.4. The highest BCUT2D eigenvalue weighted by Crippen LogP contribution is 2.26. The molecule has 1 aromatic rings. The van der Waals surface area contributed by atoms with E-state index in [4.69, 9.17) is 16.3 Å². The van der Waals surface area contributed by atoms with Gasteiger partial charge in [-0.25, -0.2) is 19.8 Å². The van der Waals surface area contributed by atoms with Crippen LogP contribution in [0.25, 0.3) is 0 Å². The van der Waals surface area contributed by atoms with Crippen LogP contribution >= 0.6 is 11.6 Å². The van der Waals surface area contributed by atoms with E-state index in [1.54, 1.807) is 14.0 Å². The molecule has 10 heteroatoms. The van der Waals surface area contributed by atoms with E-state index >= 15 is 0 Å². The van der Waals surface area contributed by atoms with Gasteiger partial charge in [-0.2, -0.15) is 0 Å². The van der Waals surface area contributed by atoms with E-state index in [9.17, 15) is 14.7 Å². The molecule has 1 saturated heterocycles. The largest absolute Gasteiger partial charge is 0.477 e. The van der Waals surface area contributed by atoms with Gasteiger partial charge in [-0.3, -0.25) is 4.79 Å². The Hall–Kier alpha value is -2.52. The predicted octanol–water partition coefficient (Wildman–Crippen LogP) is 1.90. The van der Waals surface area contributed by atoms with Gasteiger partial charge in [0.1, 0.15) is 10.9 Å². The fraction of sp³-hybridized carbons (Fsp3) is 0.526. The molecule has 3 rings (SSSR count). The Kier molecular flexibility index (Phi) is 6.49. The summed E-state index contributed by atoms with van der Waals surface area (Å²) in [6, 6.07) is 1.22. The molecule has 2 N–H and O–H groups in total. The monoisotopic (exact) mass is 421 g/mol. The van der Waals surface area contributed by atoms with Crippen molar-refractivity contribution in [3.63, 3.8) is 0 Å². The predicted molar refractivity (Wildman–Crippen MR) is 109 cm³/mol. The van der Waals surface area contributed by atoms with Crippen molar-refractivity contribution < 1.29 is 19.4 Å². The molecule has 156 valence electrons. The molecule has 0 spiro atoms. The zero-order chi connectivity index (χ0) is 21.1. The maximum atomic E-state index is 12.6. The summed E-state index contributed by atoms with van der Waals surface area (Å²) < 4.78 is 5.59. The molecule has 2 atom stereocenters. The molecule has 2 aliphatic heterocycles. The van der Waals surface area contributed by atoms with Gasteiger partial charge in [-0.15, -0.1) is 0 Å². The summed E-state index contributed by atoms with van der Waals surface area (Å²) in [6.07, 6.45) is 1.51. The van der Waals surface area contributed by atoms with Crippen LogP contribution in [0.5, 0.6) is 0 Å². The van der Waals surface area contributed by atoms with E-state index in [0.717, 1.165) is 12.0 Å². The summed E-state index contributed by atoms with van der Waals surface area (Å²) in [5.41, 5.74) is 1.90. The Labute approximate surface area is 173 Å². The number of aliphatic imine (C=N–C) groups is 1. The number of carbonyl (C=O) groups excluding carboxylic acids is 1. The van der Waals surface area contributed by atoms with E-state index in [1.807, 2.05) is 11.8 Å². The number of rotatable bonds is 6. The van der Waals surface area contributed by atoms with E-state index in [0.29, 0.717) is 48.4 Å². The first kappa shape index (κ1) is 21.2. The van der Waals surface area contributed by atoms with Crippen LogP contribution in [0.1, 0.15) is 42.4 Å². The van der Waals surface area contributed by atoms with Crippen LogP contribution in [-0.2, 0) is 9.53 Å². The number of piperidine rings is 1. The number of carboxylic acid groups (broad SMARTS) is 1. The number of hydrogen-bond acceptors (Lipinski definition) is 7. The molecule has 0 aromatic carbocycles. The second-order valence-electron chi connectivity index (χ2n) is 7.07. The zero-order valence-electron chi connectivity index (χ0n) is 16.6. The molecule has 3 heterocycles. The smallest absolute Gasteiger partial charge is 0.354 e. The molecule has 1 aromatic heterocycles. The standard InChI is InChI=1S/C19H24ClN5O4/c1-4-11-8-13(22-16(11)20)17(26)23-12-5-6-25(9-15(12)29-3)19-21-10(2)7-14(24-19)18(27)28/h7,12,15H,4-6,8-9H2,1-3H3,(H,23,26)(H,27,28)/t12-,15+/m1/s1. The second-order valence-corrected chi connectivity index (χ2v) is 7.43. The molecule has 0 unspecified atom stereocenters. The lowest BCUT2D eigenvalue weighted by atomic mass is 10.0. The highest BCUT2D eigenvalue weighted by Gasteiger charge is 2.33. The van der Waals surface area contributed by atoms with Crippen molar-refractivity contribution in [1.82, 2.24) is 15.3 Å². The summed E-state index contributed by atoms with van der Waals surface area (Å²) in [6.45, 7) is 4.69. The number of halogens is 1. The number of carbonyl (C=O) groups is 2. The minimum atomic E-state index is -1.10. The molecule has 29 heavy (non-hydrogen) atoms. The van der Waals surface area contributed by atoms with Gasteiger partial charge in [0.2, 0.25) is 5.95 Å². The van der Waals surface area contributed by atoms with Gasteiger partial charge < -0.3 is 20.1 Å². The van der Waals surface area contributed by atoms with E-state index in [1.165, 1.54) is 6.07 Å². The third-order valence-corrected chi connectivity index (χ3v) is 5.47. The maximum absolute atomic E-state index is 12.6. The Morgan fingerprint density at radius 2 is 2.17 bits per heavy atom. The SMILES string of the molecule is CCC1=C(Cl)N=C(C(=O)N[C@@H]2CCN(c3nc(C)cc(C(=O)O)n3)C[C@@H]2OC)C1. The van der Waals surface area contributed by atoms with Crippen molar-refractivity contribution in [2.24, 2.45) is 4.99 Å². The topological polar surface area (TPSA) is 117 Å². The second kappa shape index (κ2) is 8.87. The van der Waals surface area contributed by atoms with Crippen LogP contribution in [0.4, 0.5) is 5.95 Å². The number of hydrogen-bond donors (Lipinski definition) is 2. The van der Waals surface area contributed by atoms with Gasteiger partial charge in [0.05, 0.1) is 12.1 Å². The molecule has 0 aliphatic carbocycles. The number of methoxy groups -OCH3 is 1. The van der Waals surface area contributed by atoms with Gasteiger partial charge in [0.15, 0.2) is 5.69 Å². The van der Waals surface area contributed by atoms with Gasteiger partial charge in [0.25, 0.3) is 5.91 Å². The molecule has 1 fully saturated rings. The average molecular weight is 422 g/mol. The molecule has 0 radical (unpaired) electrons. The highest BCUT2D eigenvalue weighted by atomic mass is 35.5. The number of aryl methyl sites for hydroxylation is 1. The number of anilines is 1. The van der Waals surface area contributed by atoms with Gasteiger partial charge in [-0.05, 0) is 31.4 Å². The van der Waals surface area contributed by atoms with Crippen molar-refractivity contribution >= 4 is 35.1 Å². The third-order valence-electron chi connectivity index (χ3n) is 5.12. The van der Waals surface area contributed by atoms with Crippen molar-refractivity contribution in [1.29, 1.82) is 0 Å². The summed E-state index contributed by atoms with van der Waals surface area (Å²) in [7, 11) is 1.58. The van der Waals surface area contributed by atoms with Crippen LogP contribution in [0.3, 0.4) is 0 Å². The molecule has 1 amide bonds. The molecule has 0 saturated carbocycles. The third kappa shape index (κ3) is 4.73. The van der Waals surface area contributed by atoms with Gasteiger partial charge in [0, 0.05) is 32.3 Å². The first-order valence-corrected chi connectivity index (χ1v) is 9.82. The number of nitrogens with one attached hydrogen (secondary N) is 1. The van der Waals surface area contributed by atoms with Crippen molar-refractivity contribution in [3.8, 4) is 0 Å². The number of aromatic carboxylic acids is 1. The number of allylic oxidation sites excluding steroid dienone is 1. The fourth-order valence-electron chi connectivity index (χ4n) is 3.47. The summed E-state index contributed by atoms with van der Waals surface area (Å²) in [4.78, 5) is 38.4. The molecule has 9 nitrogen and oxygen atoms in total. The lowest BCUT2D eigenvalue weighted by molar-refractivity contribution is -0.116.